The molecule has 0 amide bonds. The van der Waals surface area contributed by atoms with Crippen LogP contribution >= 0.6 is 51.3 Å². The third-order valence-electron chi connectivity index (χ3n) is 2.00. The van der Waals surface area contributed by atoms with Gasteiger partial charge in [-0.25, -0.2) is 0 Å². The highest BCUT2D eigenvalue weighted by atomic mass is 36.2. The van der Waals surface area contributed by atoms with Gasteiger partial charge in [0, 0.05) is 11.6 Å². The lowest BCUT2D eigenvalue weighted by atomic mass is 10.0. The predicted molar refractivity (Wildman–Crippen MR) is 68.4 cm³/mol. The third kappa shape index (κ3) is 9.81. The number of hydrogen-bond acceptors (Lipinski definition) is 0. The van der Waals surface area contributed by atoms with Crippen LogP contribution in [0.2, 0.25) is 0 Å². The first-order chi connectivity index (χ1) is 5.99. The Bertz CT molecular complexity index is 124. The van der Waals surface area contributed by atoms with Gasteiger partial charge < -0.3 is 0 Å². The van der Waals surface area contributed by atoms with Gasteiger partial charge in [0.2, 0.25) is 0 Å². The maximum atomic E-state index is 5.81. The summed E-state index contributed by atoms with van der Waals surface area (Å²) >= 11 is 5.59. The highest BCUT2D eigenvalue weighted by molar-refractivity contribution is 8.79. The molecule has 0 aromatic heterocycles. The van der Waals surface area contributed by atoms with Crippen molar-refractivity contribution >= 4 is 51.3 Å². The van der Waals surface area contributed by atoms with Gasteiger partial charge in [-0.1, -0.05) is 19.8 Å². The summed E-state index contributed by atoms with van der Waals surface area (Å²) in [6, 6.07) is 0. The fourth-order valence-electron chi connectivity index (χ4n) is 1.20. The minimum atomic E-state index is -1.89. The number of rotatable bonds is 7. The Morgan fingerprint density at radius 2 is 1.77 bits per heavy atom. The van der Waals surface area contributed by atoms with Crippen LogP contribution < -0.4 is 0 Å². The second-order valence-corrected chi connectivity index (χ2v) is 11.0. The molecule has 0 aromatic carbocycles. The molecule has 1 unspecified atom stereocenters. The Labute approximate surface area is 101 Å². The molecule has 0 rings (SSSR count). The zero-order valence-corrected chi connectivity index (χ0v) is 11.6. The molecule has 5 heteroatoms. The van der Waals surface area contributed by atoms with Gasteiger partial charge in [0.15, 0.2) is 0 Å². The van der Waals surface area contributed by atoms with E-state index in [4.69, 9.17) is 43.6 Å². The van der Waals surface area contributed by atoms with Gasteiger partial charge >= 0.3 is 0 Å². The standard InChI is InChI=1S/C8H16Cl4S/c1-2-8(5-3-4-6-9)7-13(10,11)12/h8H,2-7H2,1H3. The molecule has 1 atom stereocenters. The molecule has 0 bridgehead atoms. The van der Waals surface area contributed by atoms with Gasteiger partial charge in [0.25, 0.3) is 0 Å². The fraction of sp³-hybridized carbons (Fsp3) is 1.00. The van der Waals surface area contributed by atoms with E-state index in [1.165, 1.54) is 0 Å². The summed E-state index contributed by atoms with van der Waals surface area (Å²) in [5, 5.41) is 0. The molecule has 0 spiro atoms. The van der Waals surface area contributed by atoms with E-state index in [9.17, 15) is 0 Å². The molecule has 82 valence electrons. The fourth-order valence-corrected chi connectivity index (χ4v) is 3.93. The molecule has 0 aliphatic heterocycles. The Morgan fingerprint density at radius 3 is 2.15 bits per heavy atom. The maximum Gasteiger partial charge on any atom is 0.0223 e. The van der Waals surface area contributed by atoms with E-state index < -0.39 is 7.67 Å². The molecule has 0 aromatic rings. The minimum Gasteiger partial charge on any atom is -0.127 e. The van der Waals surface area contributed by atoms with Crippen molar-refractivity contribution in [1.82, 2.24) is 0 Å². The summed E-state index contributed by atoms with van der Waals surface area (Å²) in [6.07, 6.45) is 4.42. The minimum absolute atomic E-state index is 0.547. The molecule has 0 nitrogen and oxygen atoms in total. The van der Waals surface area contributed by atoms with E-state index in [0.29, 0.717) is 5.92 Å². The van der Waals surface area contributed by atoms with Crippen LogP contribution in [0, 0.1) is 5.92 Å². The van der Waals surface area contributed by atoms with Crippen molar-refractivity contribution in [3.05, 3.63) is 0 Å². The summed E-state index contributed by atoms with van der Waals surface area (Å²) in [4.78, 5) is 0. The normalized spacial score (nSPS) is 15.8. The van der Waals surface area contributed by atoms with Crippen LogP contribution in [0.1, 0.15) is 32.6 Å². The zero-order chi connectivity index (χ0) is 10.3. The predicted octanol–water partition coefficient (Wildman–Crippen LogP) is 5.69. The van der Waals surface area contributed by atoms with Crippen molar-refractivity contribution < 1.29 is 0 Å². The lowest BCUT2D eigenvalue weighted by molar-refractivity contribution is 0.500. The molecule has 0 saturated heterocycles. The Hall–Kier alpha value is 1.51. The van der Waals surface area contributed by atoms with Crippen LogP contribution in [0.4, 0.5) is 0 Å². The van der Waals surface area contributed by atoms with E-state index in [1.54, 1.807) is 0 Å². The zero-order valence-electron chi connectivity index (χ0n) is 7.74. The molecule has 0 radical (unpaired) electrons. The number of halogens is 4. The Balaban J connectivity index is 3.63. The summed E-state index contributed by atoms with van der Waals surface area (Å²) in [6.45, 7) is 2.14. The largest absolute Gasteiger partial charge is 0.127 e. The summed E-state index contributed by atoms with van der Waals surface area (Å²) in [5.74, 6) is 2.01. The van der Waals surface area contributed by atoms with Crippen molar-refractivity contribution in [3.63, 3.8) is 0 Å². The van der Waals surface area contributed by atoms with Crippen molar-refractivity contribution in [2.45, 2.75) is 32.6 Å². The Kier molecular flexibility index (Phi) is 8.66. The highest BCUT2D eigenvalue weighted by Crippen LogP contribution is 2.64. The quantitative estimate of drug-likeness (QED) is 0.416. The molecule has 0 aliphatic carbocycles. The Morgan fingerprint density at radius 1 is 1.15 bits per heavy atom. The molecule has 0 fully saturated rings. The molecule has 0 heterocycles. The van der Waals surface area contributed by atoms with Gasteiger partial charge in [-0.15, -0.1) is 11.6 Å². The maximum absolute atomic E-state index is 5.81. The first kappa shape index (κ1) is 14.5. The van der Waals surface area contributed by atoms with Crippen LogP contribution in [0.3, 0.4) is 0 Å². The molecule has 0 aliphatic rings. The van der Waals surface area contributed by atoms with Gasteiger partial charge in [0.05, 0.1) is 0 Å². The second-order valence-electron chi connectivity index (χ2n) is 3.13. The second kappa shape index (κ2) is 7.76. The van der Waals surface area contributed by atoms with Crippen molar-refractivity contribution in [2.24, 2.45) is 5.92 Å². The number of hydrogen-bond donors (Lipinski definition) is 0. The van der Waals surface area contributed by atoms with E-state index in [2.05, 4.69) is 6.92 Å². The molecule has 13 heavy (non-hydrogen) atoms. The van der Waals surface area contributed by atoms with Gasteiger partial charge in [-0.2, -0.15) is 0 Å². The first-order valence-corrected chi connectivity index (χ1v) is 9.27. The van der Waals surface area contributed by atoms with Crippen molar-refractivity contribution in [1.29, 1.82) is 0 Å². The highest BCUT2D eigenvalue weighted by Gasteiger charge is 2.19. The van der Waals surface area contributed by atoms with Crippen LogP contribution in [-0.2, 0) is 0 Å². The summed E-state index contributed by atoms with van der Waals surface area (Å²) in [5.41, 5.74) is 0. The van der Waals surface area contributed by atoms with Crippen LogP contribution in [0.5, 0.6) is 0 Å². The van der Waals surface area contributed by atoms with Crippen LogP contribution in [0.15, 0.2) is 0 Å². The smallest absolute Gasteiger partial charge is 0.0223 e. The first-order valence-electron chi connectivity index (χ1n) is 4.45. The van der Waals surface area contributed by atoms with Gasteiger partial charge in [-0.3, -0.25) is 0 Å². The summed E-state index contributed by atoms with van der Waals surface area (Å²) in [7, 11) is 15.5. The van der Waals surface area contributed by atoms with Gasteiger partial charge in [0.1, 0.15) is 0 Å². The lowest BCUT2D eigenvalue weighted by Crippen LogP contribution is -2.05. The lowest BCUT2D eigenvalue weighted by Gasteiger charge is -2.22. The van der Waals surface area contributed by atoms with E-state index in [-0.39, 0.29) is 0 Å². The monoisotopic (exact) mass is 284 g/mol. The number of alkyl halides is 1. The van der Waals surface area contributed by atoms with E-state index in [0.717, 1.165) is 37.3 Å². The average Bonchev–Trinajstić information content (AvgIpc) is 2.01. The van der Waals surface area contributed by atoms with E-state index in [1.807, 2.05) is 0 Å². The van der Waals surface area contributed by atoms with Crippen molar-refractivity contribution in [3.8, 4) is 0 Å². The topological polar surface area (TPSA) is 0 Å². The summed E-state index contributed by atoms with van der Waals surface area (Å²) < 4.78 is 0. The number of unbranched alkanes of at least 4 members (excludes halogenated alkanes) is 1. The third-order valence-corrected chi connectivity index (χ3v) is 4.25. The van der Waals surface area contributed by atoms with Gasteiger partial charge in [-0.05, 0) is 58.5 Å². The SMILES string of the molecule is CCC(CCCCCl)CS(Cl)(Cl)Cl. The average molecular weight is 286 g/mol. The molecular formula is C8H16Cl4S. The van der Waals surface area contributed by atoms with E-state index >= 15 is 0 Å². The molecular weight excluding hydrogens is 270 g/mol. The van der Waals surface area contributed by atoms with Crippen molar-refractivity contribution in [2.75, 3.05) is 11.6 Å². The van der Waals surface area contributed by atoms with Crippen LogP contribution in [-0.4, -0.2) is 11.6 Å². The van der Waals surface area contributed by atoms with Crippen LogP contribution in [0.25, 0.3) is 0 Å². The molecule has 0 N–H and O–H groups in total. The molecule has 0 saturated carbocycles.